The van der Waals surface area contributed by atoms with Crippen LogP contribution in [0.1, 0.15) is 22.3 Å². The summed E-state index contributed by atoms with van der Waals surface area (Å²) in [6, 6.07) is 3.54. The molecule has 0 bridgehead atoms. The predicted molar refractivity (Wildman–Crippen MR) is 75.3 cm³/mol. The van der Waals surface area contributed by atoms with Crippen molar-refractivity contribution in [2.45, 2.75) is 13.8 Å². The summed E-state index contributed by atoms with van der Waals surface area (Å²) in [7, 11) is 0. The third-order valence-corrected chi connectivity index (χ3v) is 3.24. The van der Waals surface area contributed by atoms with Crippen molar-refractivity contribution in [1.82, 2.24) is 9.97 Å². The second-order valence-electron chi connectivity index (χ2n) is 3.70. The minimum absolute atomic E-state index is 0.346. The van der Waals surface area contributed by atoms with Gasteiger partial charge in [-0.3, -0.25) is 0 Å². The number of hydrogen-bond acceptors (Lipinski definition) is 6. The summed E-state index contributed by atoms with van der Waals surface area (Å²) in [6.45, 7) is 3.96. The van der Waals surface area contributed by atoms with Gasteiger partial charge in [0.1, 0.15) is 10.0 Å². The van der Waals surface area contributed by atoms with Crippen LogP contribution in [-0.4, -0.2) is 22.5 Å². The zero-order valence-corrected chi connectivity index (χ0v) is 12.0. The summed E-state index contributed by atoms with van der Waals surface area (Å²) in [5, 5.41) is 4.09. The van der Waals surface area contributed by atoms with Crippen LogP contribution in [0.15, 0.2) is 18.3 Å². The van der Waals surface area contributed by atoms with E-state index in [2.05, 4.69) is 15.3 Å². The van der Waals surface area contributed by atoms with Crippen molar-refractivity contribution in [1.29, 1.82) is 0 Å². The Kier molecular flexibility index (Phi) is 4.34. The molecule has 0 atom stereocenters. The lowest BCUT2D eigenvalue weighted by Crippen LogP contribution is -2.01. The lowest BCUT2D eigenvalue weighted by atomic mass is 10.3. The number of nitrogens with one attached hydrogen (secondary N) is 1. The molecule has 100 valence electrons. The lowest BCUT2D eigenvalue weighted by molar-refractivity contribution is 0.0532. The van der Waals surface area contributed by atoms with E-state index in [4.69, 9.17) is 16.3 Å². The van der Waals surface area contributed by atoms with Crippen molar-refractivity contribution >= 4 is 39.7 Å². The molecule has 0 saturated carbocycles. The molecule has 1 N–H and O–H groups in total. The molecule has 0 spiro atoms. The maximum atomic E-state index is 11.5. The minimum Gasteiger partial charge on any atom is -0.462 e. The van der Waals surface area contributed by atoms with Crippen LogP contribution in [0, 0.1) is 6.92 Å². The van der Waals surface area contributed by atoms with Gasteiger partial charge in [-0.15, -0.1) is 0 Å². The first-order valence-corrected chi connectivity index (χ1v) is 6.82. The first kappa shape index (κ1) is 13.8. The first-order chi connectivity index (χ1) is 9.08. The summed E-state index contributed by atoms with van der Waals surface area (Å²) < 4.78 is 4.90. The largest absolute Gasteiger partial charge is 0.462 e. The van der Waals surface area contributed by atoms with Gasteiger partial charge in [-0.2, -0.15) is 0 Å². The molecule has 19 heavy (non-hydrogen) atoms. The van der Waals surface area contributed by atoms with Crippen LogP contribution >= 0.6 is 22.9 Å². The average Bonchev–Trinajstić information content (AvgIpc) is 2.76. The third-order valence-electron chi connectivity index (χ3n) is 2.16. The van der Waals surface area contributed by atoms with E-state index >= 15 is 0 Å². The van der Waals surface area contributed by atoms with Crippen molar-refractivity contribution in [3.8, 4) is 0 Å². The van der Waals surface area contributed by atoms with Crippen molar-refractivity contribution in [2.75, 3.05) is 11.9 Å². The molecule has 7 heteroatoms. The molecule has 0 saturated heterocycles. The van der Waals surface area contributed by atoms with Gasteiger partial charge < -0.3 is 10.1 Å². The van der Waals surface area contributed by atoms with Crippen LogP contribution in [0.25, 0.3) is 0 Å². The molecule has 0 fully saturated rings. The standard InChI is InChI=1S/C12H12ClN3O2S/c1-3-18-11(17)9-6-14-12(19-9)16-8-4-7(2)15-10(13)5-8/h4-6H,3H2,1-2H3,(H,14,15,16). The van der Waals surface area contributed by atoms with Crippen LogP contribution in [0.3, 0.4) is 0 Å². The fraction of sp³-hybridized carbons (Fsp3) is 0.250. The number of anilines is 2. The maximum absolute atomic E-state index is 11.5. The highest BCUT2D eigenvalue weighted by Gasteiger charge is 2.11. The number of aromatic nitrogens is 2. The van der Waals surface area contributed by atoms with E-state index in [1.807, 2.05) is 13.0 Å². The summed E-state index contributed by atoms with van der Waals surface area (Å²) in [4.78, 5) is 20.2. The Balaban J connectivity index is 2.13. The number of hydrogen-bond donors (Lipinski definition) is 1. The van der Waals surface area contributed by atoms with Crippen LogP contribution in [0.2, 0.25) is 5.15 Å². The van der Waals surface area contributed by atoms with Crippen LogP contribution in [0.5, 0.6) is 0 Å². The summed E-state index contributed by atoms with van der Waals surface area (Å²) >= 11 is 7.10. The Hall–Kier alpha value is -1.66. The van der Waals surface area contributed by atoms with E-state index in [0.29, 0.717) is 21.8 Å². The summed E-state index contributed by atoms with van der Waals surface area (Å²) in [5.41, 5.74) is 1.58. The SMILES string of the molecule is CCOC(=O)c1cnc(Nc2cc(C)nc(Cl)c2)s1. The van der Waals surface area contributed by atoms with Crippen molar-refractivity contribution in [2.24, 2.45) is 0 Å². The van der Waals surface area contributed by atoms with E-state index in [9.17, 15) is 4.79 Å². The van der Waals surface area contributed by atoms with Crippen LogP contribution in [-0.2, 0) is 4.74 Å². The molecule has 0 radical (unpaired) electrons. The molecule has 2 aromatic rings. The fourth-order valence-electron chi connectivity index (χ4n) is 1.45. The van der Waals surface area contributed by atoms with Gasteiger partial charge in [0.05, 0.1) is 12.8 Å². The highest BCUT2D eigenvalue weighted by Crippen LogP contribution is 2.24. The first-order valence-electron chi connectivity index (χ1n) is 5.62. The minimum atomic E-state index is -0.364. The Labute approximate surface area is 119 Å². The van der Waals surface area contributed by atoms with Crippen LogP contribution < -0.4 is 5.32 Å². The van der Waals surface area contributed by atoms with Crippen LogP contribution in [0.4, 0.5) is 10.8 Å². The molecular formula is C12H12ClN3O2S. The molecule has 0 aliphatic rings. The van der Waals surface area contributed by atoms with E-state index in [1.54, 1.807) is 13.0 Å². The van der Waals surface area contributed by atoms with Gasteiger partial charge in [0.2, 0.25) is 0 Å². The highest BCUT2D eigenvalue weighted by atomic mass is 35.5. The molecule has 0 unspecified atom stereocenters. The number of nitrogens with zero attached hydrogens (tertiary/aromatic N) is 2. The Morgan fingerprint density at radius 2 is 2.32 bits per heavy atom. The van der Waals surface area contributed by atoms with Crippen molar-refractivity contribution < 1.29 is 9.53 Å². The Bertz CT molecular complexity index is 580. The molecular weight excluding hydrogens is 286 g/mol. The normalized spacial score (nSPS) is 10.3. The maximum Gasteiger partial charge on any atom is 0.350 e. The molecule has 0 aromatic carbocycles. The second kappa shape index (κ2) is 5.99. The van der Waals surface area contributed by atoms with Gasteiger partial charge in [-0.1, -0.05) is 22.9 Å². The zero-order chi connectivity index (χ0) is 13.8. The number of carbonyl (C=O) groups excluding carboxylic acids is 1. The predicted octanol–water partition coefficient (Wildman–Crippen LogP) is 3.42. The molecule has 2 heterocycles. The number of thiazole rings is 1. The van der Waals surface area contributed by atoms with E-state index in [0.717, 1.165) is 11.4 Å². The van der Waals surface area contributed by atoms with Gasteiger partial charge >= 0.3 is 5.97 Å². The number of pyridine rings is 1. The molecule has 2 aromatic heterocycles. The molecule has 0 aliphatic carbocycles. The fourth-order valence-corrected chi connectivity index (χ4v) is 2.43. The number of rotatable bonds is 4. The number of esters is 1. The third kappa shape index (κ3) is 3.65. The summed E-state index contributed by atoms with van der Waals surface area (Å²) in [5.74, 6) is -0.364. The summed E-state index contributed by atoms with van der Waals surface area (Å²) in [6.07, 6.45) is 1.49. The highest BCUT2D eigenvalue weighted by molar-refractivity contribution is 7.17. The molecule has 5 nitrogen and oxygen atoms in total. The van der Waals surface area contributed by atoms with Gasteiger partial charge in [0.15, 0.2) is 5.13 Å². The van der Waals surface area contributed by atoms with Gasteiger partial charge in [-0.25, -0.2) is 14.8 Å². The van der Waals surface area contributed by atoms with Crippen molar-refractivity contribution in [3.63, 3.8) is 0 Å². The number of halogens is 1. The number of ether oxygens (including phenoxy) is 1. The molecule has 0 aliphatic heterocycles. The smallest absolute Gasteiger partial charge is 0.350 e. The van der Waals surface area contributed by atoms with E-state index in [-0.39, 0.29) is 5.97 Å². The van der Waals surface area contributed by atoms with E-state index in [1.165, 1.54) is 17.5 Å². The van der Waals surface area contributed by atoms with Gasteiger partial charge in [0, 0.05) is 11.4 Å². The topological polar surface area (TPSA) is 64.1 Å². The number of carbonyl (C=O) groups is 1. The lowest BCUT2D eigenvalue weighted by Gasteiger charge is -2.03. The van der Waals surface area contributed by atoms with Gasteiger partial charge in [0.25, 0.3) is 0 Å². The van der Waals surface area contributed by atoms with Crippen molar-refractivity contribution in [3.05, 3.63) is 34.1 Å². The zero-order valence-electron chi connectivity index (χ0n) is 10.4. The second-order valence-corrected chi connectivity index (χ2v) is 5.11. The average molecular weight is 298 g/mol. The Morgan fingerprint density at radius 3 is 3.00 bits per heavy atom. The molecule has 0 amide bonds. The quantitative estimate of drug-likeness (QED) is 0.692. The Morgan fingerprint density at radius 1 is 1.53 bits per heavy atom. The monoisotopic (exact) mass is 297 g/mol. The molecule has 2 rings (SSSR count). The van der Waals surface area contributed by atoms with E-state index < -0.39 is 0 Å². The van der Waals surface area contributed by atoms with Gasteiger partial charge in [-0.05, 0) is 26.0 Å². The number of aryl methyl sites for hydroxylation is 1.